The standard InChI is InChI=1S/C12H16N2S/c1-2-10-5-3-6-11(9-10)15-12-13-7-4-8-14-12/h2,4,7-8,10-11H,1,3,5-6,9H2/t10-,11-/m1/s1. The Bertz CT molecular complexity index is 313. The van der Waals surface area contributed by atoms with E-state index in [1.54, 1.807) is 0 Å². The van der Waals surface area contributed by atoms with Crippen LogP contribution >= 0.6 is 11.8 Å². The van der Waals surface area contributed by atoms with Crippen molar-refractivity contribution < 1.29 is 0 Å². The van der Waals surface area contributed by atoms with Gasteiger partial charge >= 0.3 is 0 Å². The molecule has 1 saturated carbocycles. The van der Waals surface area contributed by atoms with Gasteiger partial charge in [0.1, 0.15) is 0 Å². The van der Waals surface area contributed by atoms with E-state index < -0.39 is 0 Å². The van der Waals surface area contributed by atoms with Crippen LogP contribution in [0.1, 0.15) is 25.7 Å². The van der Waals surface area contributed by atoms with Crippen molar-refractivity contribution >= 4 is 11.8 Å². The largest absolute Gasteiger partial charge is 0.231 e. The molecule has 1 aromatic heterocycles. The smallest absolute Gasteiger partial charge is 0.187 e. The van der Waals surface area contributed by atoms with E-state index in [0.717, 1.165) is 5.16 Å². The Morgan fingerprint density at radius 3 is 2.87 bits per heavy atom. The van der Waals surface area contributed by atoms with Crippen LogP contribution in [0.15, 0.2) is 36.3 Å². The van der Waals surface area contributed by atoms with Gasteiger partial charge in [0.05, 0.1) is 0 Å². The number of thioether (sulfide) groups is 1. The first kappa shape index (κ1) is 10.7. The summed E-state index contributed by atoms with van der Waals surface area (Å²) >= 11 is 1.81. The molecule has 1 fully saturated rings. The molecule has 3 heteroatoms. The predicted molar refractivity (Wildman–Crippen MR) is 63.8 cm³/mol. The lowest BCUT2D eigenvalue weighted by Crippen LogP contribution is -2.16. The van der Waals surface area contributed by atoms with Crippen LogP contribution in [0.25, 0.3) is 0 Å². The molecule has 2 rings (SSSR count). The maximum Gasteiger partial charge on any atom is 0.187 e. The Labute approximate surface area is 95.2 Å². The summed E-state index contributed by atoms with van der Waals surface area (Å²) in [5, 5.41) is 1.58. The SMILES string of the molecule is C=C[C@@H]1CCC[C@@H](Sc2ncccn2)C1. The first-order chi connectivity index (χ1) is 7.38. The van der Waals surface area contributed by atoms with Gasteiger partial charge in [-0.15, -0.1) is 6.58 Å². The van der Waals surface area contributed by atoms with E-state index in [4.69, 9.17) is 0 Å². The highest BCUT2D eigenvalue weighted by atomic mass is 32.2. The van der Waals surface area contributed by atoms with Gasteiger partial charge < -0.3 is 0 Å². The molecule has 1 aliphatic carbocycles. The van der Waals surface area contributed by atoms with Crippen LogP contribution < -0.4 is 0 Å². The molecule has 0 aromatic carbocycles. The summed E-state index contributed by atoms with van der Waals surface area (Å²) in [6, 6.07) is 1.86. The summed E-state index contributed by atoms with van der Waals surface area (Å²) in [5.41, 5.74) is 0. The second kappa shape index (κ2) is 5.31. The molecule has 0 aliphatic heterocycles. The average molecular weight is 220 g/mol. The highest BCUT2D eigenvalue weighted by molar-refractivity contribution is 7.99. The topological polar surface area (TPSA) is 25.8 Å². The zero-order valence-electron chi connectivity index (χ0n) is 8.80. The molecule has 0 amide bonds. The molecular weight excluding hydrogens is 204 g/mol. The van der Waals surface area contributed by atoms with Gasteiger partial charge in [0.25, 0.3) is 0 Å². The van der Waals surface area contributed by atoms with Crippen LogP contribution in [0, 0.1) is 5.92 Å². The third-order valence-corrected chi connectivity index (χ3v) is 4.00. The fourth-order valence-corrected chi connectivity index (χ4v) is 3.17. The molecule has 0 spiro atoms. The lowest BCUT2D eigenvalue weighted by molar-refractivity contribution is 0.429. The second-order valence-corrected chi connectivity index (χ2v) is 5.20. The average Bonchev–Trinajstić information content (AvgIpc) is 2.31. The lowest BCUT2D eigenvalue weighted by atomic mass is 9.89. The monoisotopic (exact) mass is 220 g/mol. The molecule has 1 heterocycles. The van der Waals surface area contributed by atoms with Crippen molar-refractivity contribution in [2.75, 3.05) is 0 Å². The second-order valence-electron chi connectivity index (χ2n) is 3.93. The fraction of sp³-hybridized carbons (Fsp3) is 0.500. The Morgan fingerprint density at radius 2 is 2.13 bits per heavy atom. The van der Waals surface area contributed by atoms with Crippen molar-refractivity contribution in [3.63, 3.8) is 0 Å². The van der Waals surface area contributed by atoms with Gasteiger partial charge in [-0.3, -0.25) is 0 Å². The van der Waals surface area contributed by atoms with Gasteiger partial charge in [-0.2, -0.15) is 0 Å². The molecular formula is C12H16N2S. The van der Waals surface area contributed by atoms with Gasteiger partial charge in [0.2, 0.25) is 0 Å². The summed E-state index contributed by atoms with van der Waals surface area (Å²) in [5.74, 6) is 0.694. The lowest BCUT2D eigenvalue weighted by Gasteiger charge is -2.25. The number of aromatic nitrogens is 2. The number of allylic oxidation sites excluding steroid dienone is 1. The molecule has 1 aromatic rings. The van der Waals surface area contributed by atoms with Gasteiger partial charge in [-0.05, 0) is 31.2 Å². The third kappa shape index (κ3) is 3.06. The molecule has 1 aliphatic rings. The minimum atomic E-state index is 0.671. The normalized spacial score (nSPS) is 26.1. The highest BCUT2D eigenvalue weighted by Gasteiger charge is 2.21. The van der Waals surface area contributed by atoms with Gasteiger partial charge in [0, 0.05) is 17.6 Å². The van der Waals surface area contributed by atoms with Crippen LogP contribution in [0.5, 0.6) is 0 Å². The van der Waals surface area contributed by atoms with Gasteiger partial charge in [0.15, 0.2) is 5.16 Å². The van der Waals surface area contributed by atoms with E-state index in [-0.39, 0.29) is 0 Å². The molecule has 80 valence electrons. The van der Waals surface area contributed by atoms with E-state index in [1.165, 1.54) is 25.7 Å². The van der Waals surface area contributed by atoms with Crippen molar-refractivity contribution in [3.8, 4) is 0 Å². The van der Waals surface area contributed by atoms with Gasteiger partial charge in [-0.25, -0.2) is 9.97 Å². The number of nitrogens with zero attached hydrogens (tertiary/aromatic N) is 2. The molecule has 0 radical (unpaired) electrons. The number of hydrogen-bond donors (Lipinski definition) is 0. The van der Waals surface area contributed by atoms with E-state index >= 15 is 0 Å². The van der Waals surface area contributed by atoms with Crippen LogP contribution in [-0.4, -0.2) is 15.2 Å². The Hall–Kier alpha value is -0.830. The van der Waals surface area contributed by atoms with Crippen LogP contribution in [-0.2, 0) is 0 Å². The summed E-state index contributed by atoms with van der Waals surface area (Å²) < 4.78 is 0. The zero-order chi connectivity index (χ0) is 10.5. The summed E-state index contributed by atoms with van der Waals surface area (Å²) in [6.45, 7) is 3.89. The maximum atomic E-state index is 4.25. The Kier molecular flexibility index (Phi) is 3.78. The van der Waals surface area contributed by atoms with Crippen molar-refractivity contribution in [2.45, 2.75) is 36.1 Å². The Morgan fingerprint density at radius 1 is 1.33 bits per heavy atom. The molecule has 15 heavy (non-hydrogen) atoms. The Balaban J connectivity index is 1.92. The van der Waals surface area contributed by atoms with Crippen molar-refractivity contribution in [1.82, 2.24) is 9.97 Å². The molecule has 0 N–H and O–H groups in total. The summed E-state index contributed by atoms with van der Waals surface area (Å²) in [7, 11) is 0. The van der Waals surface area contributed by atoms with Crippen LogP contribution in [0.3, 0.4) is 0 Å². The number of rotatable bonds is 3. The van der Waals surface area contributed by atoms with Crippen molar-refractivity contribution in [1.29, 1.82) is 0 Å². The molecule has 0 saturated heterocycles. The minimum Gasteiger partial charge on any atom is -0.231 e. The zero-order valence-corrected chi connectivity index (χ0v) is 9.62. The fourth-order valence-electron chi connectivity index (χ4n) is 2.00. The quantitative estimate of drug-likeness (QED) is 0.577. The minimum absolute atomic E-state index is 0.671. The number of hydrogen-bond acceptors (Lipinski definition) is 3. The highest BCUT2D eigenvalue weighted by Crippen LogP contribution is 2.34. The first-order valence-corrected chi connectivity index (χ1v) is 6.32. The van der Waals surface area contributed by atoms with E-state index in [0.29, 0.717) is 11.2 Å². The molecule has 2 atom stereocenters. The molecule has 0 bridgehead atoms. The molecule has 0 unspecified atom stereocenters. The van der Waals surface area contributed by atoms with E-state index in [1.807, 2.05) is 30.2 Å². The van der Waals surface area contributed by atoms with Gasteiger partial charge in [-0.1, -0.05) is 24.3 Å². The third-order valence-electron chi connectivity index (χ3n) is 2.81. The van der Waals surface area contributed by atoms with E-state index in [2.05, 4.69) is 22.6 Å². The summed E-state index contributed by atoms with van der Waals surface area (Å²) in [4.78, 5) is 8.50. The predicted octanol–water partition coefficient (Wildman–Crippen LogP) is 3.31. The van der Waals surface area contributed by atoms with E-state index in [9.17, 15) is 0 Å². The maximum absolute atomic E-state index is 4.25. The summed E-state index contributed by atoms with van der Waals surface area (Å²) in [6.07, 6.45) is 10.8. The van der Waals surface area contributed by atoms with Crippen LogP contribution in [0.4, 0.5) is 0 Å². The van der Waals surface area contributed by atoms with Crippen molar-refractivity contribution in [2.24, 2.45) is 5.92 Å². The van der Waals surface area contributed by atoms with Crippen molar-refractivity contribution in [3.05, 3.63) is 31.1 Å². The first-order valence-electron chi connectivity index (χ1n) is 5.44. The van der Waals surface area contributed by atoms with Crippen LogP contribution in [0.2, 0.25) is 0 Å². The molecule has 2 nitrogen and oxygen atoms in total.